The molecule has 1 aliphatic rings. The number of rotatable bonds is 5. The molecule has 0 aliphatic carbocycles. The van der Waals surface area contributed by atoms with Crippen LogP contribution in [0.5, 0.6) is 0 Å². The number of anilines is 1. The van der Waals surface area contributed by atoms with Crippen LogP contribution in [0.2, 0.25) is 0 Å². The number of nitrogens with one attached hydrogen (secondary N) is 1. The lowest BCUT2D eigenvalue weighted by molar-refractivity contribution is -0.159. The molecule has 1 aliphatic heterocycles. The molecule has 8 heteroatoms. The van der Waals surface area contributed by atoms with Crippen molar-refractivity contribution >= 4 is 23.5 Å². The van der Waals surface area contributed by atoms with Gasteiger partial charge in [0.1, 0.15) is 0 Å². The topological polar surface area (TPSA) is 116 Å². The number of hydrogen-bond donors (Lipinski definition) is 3. The lowest BCUT2D eigenvalue weighted by atomic mass is 9.99. The van der Waals surface area contributed by atoms with E-state index in [0.717, 1.165) is 31.8 Å². The molecule has 1 saturated heterocycles. The molecule has 8 nitrogen and oxygen atoms in total. The van der Waals surface area contributed by atoms with Crippen molar-refractivity contribution in [2.24, 2.45) is 5.92 Å². The number of carboxylic acid groups (broad SMARTS) is 2. The number of hydrogen-bond acceptors (Lipinski definition) is 5. The molecule has 0 saturated carbocycles. The van der Waals surface area contributed by atoms with Crippen LogP contribution in [0, 0.1) is 5.92 Å². The maximum atomic E-state index is 12.0. The van der Waals surface area contributed by atoms with Gasteiger partial charge in [-0.2, -0.15) is 0 Å². The summed E-state index contributed by atoms with van der Waals surface area (Å²) in [6.45, 7) is 3.21. The summed E-state index contributed by atoms with van der Waals surface area (Å²) in [5, 5.41) is 17.7. The standard InChI is InChI=1S/C15H22N2O2.C2H2O4/c1-19-12-13-6-5-9-17(10-13)11-15(18)16-14-7-3-2-4-8-14;3-1(4)2(5)6/h2-4,7-8,13H,5-6,9-12H2,1H3,(H,16,18);(H,3,4)(H,5,6). The first-order chi connectivity index (χ1) is 11.9. The van der Waals surface area contributed by atoms with Crippen LogP contribution < -0.4 is 5.32 Å². The van der Waals surface area contributed by atoms with Crippen LogP contribution in [0.3, 0.4) is 0 Å². The third kappa shape index (κ3) is 8.83. The smallest absolute Gasteiger partial charge is 0.414 e. The van der Waals surface area contributed by atoms with Crippen molar-refractivity contribution in [3.8, 4) is 0 Å². The maximum Gasteiger partial charge on any atom is 0.414 e. The molecular formula is C17H24N2O6. The zero-order valence-electron chi connectivity index (χ0n) is 14.2. The van der Waals surface area contributed by atoms with E-state index in [2.05, 4.69) is 10.2 Å². The number of methoxy groups -OCH3 is 1. The lowest BCUT2D eigenvalue weighted by Gasteiger charge is -2.31. The summed E-state index contributed by atoms with van der Waals surface area (Å²) < 4.78 is 5.20. The van der Waals surface area contributed by atoms with E-state index in [1.807, 2.05) is 30.3 Å². The molecule has 1 heterocycles. The Hall–Kier alpha value is -2.45. The summed E-state index contributed by atoms with van der Waals surface area (Å²) in [5.41, 5.74) is 0.859. The Balaban J connectivity index is 0.000000450. The van der Waals surface area contributed by atoms with Crippen LogP contribution in [0.15, 0.2) is 30.3 Å². The number of para-hydroxylation sites is 1. The normalized spacial score (nSPS) is 17.1. The molecule has 1 fully saturated rings. The Morgan fingerprint density at radius 1 is 1.20 bits per heavy atom. The molecular weight excluding hydrogens is 328 g/mol. The predicted octanol–water partition coefficient (Wildman–Crippen LogP) is 1.14. The SMILES string of the molecule is COCC1CCCN(CC(=O)Nc2ccccc2)C1.O=C(O)C(=O)O. The predicted molar refractivity (Wildman–Crippen MR) is 91.4 cm³/mol. The minimum Gasteiger partial charge on any atom is -0.473 e. The van der Waals surface area contributed by atoms with E-state index in [4.69, 9.17) is 24.5 Å². The summed E-state index contributed by atoms with van der Waals surface area (Å²) in [6.07, 6.45) is 2.34. The van der Waals surface area contributed by atoms with E-state index >= 15 is 0 Å². The Bertz CT molecular complexity index is 550. The van der Waals surface area contributed by atoms with Gasteiger partial charge in [0.25, 0.3) is 0 Å². The van der Waals surface area contributed by atoms with Gasteiger partial charge in [-0.05, 0) is 37.4 Å². The molecule has 0 spiro atoms. The minimum atomic E-state index is -1.82. The average molecular weight is 352 g/mol. The number of aliphatic carboxylic acids is 2. The number of carbonyl (C=O) groups is 3. The molecule has 138 valence electrons. The largest absolute Gasteiger partial charge is 0.473 e. The van der Waals surface area contributed by atoms with Gasteiger partial charge in [0.2, 0.25) is 5.91 Å². The van der Waals surface area contributed by atoms with E-state index < -0.39 is 11.9 Å². The van der Waals surface area contributed by atoms with Gasteiger partial charge in [-0.15, -0.1) is 0 Å². The Morgan fingerprint density at radius 3 is 2.40 bits per heavy atom. The van der Waals surface area contributed by atoms with Gasteiger partial charge in [0, 0.05) is 19.3 Å². The molecule has 0 radical (unpaired) electrons. The quantitative estimate of drug-likeness (QED) is 0.680. The molecule has 0 bridgehead atoms. The average Bonchev–Trinajstić information content (AvgIpc) is 2.56. The number of carboxylic acids is 2. The highest BCUT2D eigenvalue weighted by Crippen LogP contribution is 2.16. The first kappa shape index (κ1) is 20.6. The van der Waals surface area contributed by atoms with Crippen LogP contribution >= 0.6 is 0 Å². The van der Waals surface area contributed by atoms with Crippen molar-refractivity contribution in [3.63, 3.8) is 0 Å². The van der Waals surface area contributed by atoms with Crippen molar-refractivity contribution in [1.29, 1.82) is 0 Å². The second-order valence-corrected chi connectivity index (χ2v) is 5.72. The highest BCUT2D eigenvalue weighted by atomic mass is 16.5. The number of amides is 1. The van der Waals surface area contributed by atoms with Crippen LogP contribution in [0.25, 0.3) is 0 Å². The fourth-order valence-electron chi connectivity index (χ4n) is 2.59. The summed E-state index contributed by atoms with van der Waals surface area (Å²) in [6, 6.07) is 9.59. The highest BCUT2D eigenvalue weighted by molar-refractivity contribution is 6.27. The number of benzene rings is 1. The number of nitrogens with zero attached hydrogens (tertiary/aromatic N) is 1. The van der Waals surface area contributed by atoms with Gasteiger partial charge in [-0.25, -0.2) is 9.59 Å². The number of likely N-dealkylation sites (tertiary alicyclic amines) is 1. The van der Waals surface area contributed by atoms with Crippen LogP contribution in [0.4, 0.5) is 5.69 Å². The van der Waals surface area contributed by atoms with Crippen molar-refractivity contribution in [2.75, 3.05) is 38.7 Å². The van der Waals surface area contributed by atoms with Gasteiger partial charge in [-0.3, -0.25) is 9.69 Å². The molecule has 25 heavy (non-hydrogen) atoms. The van der Waals surface area contributed by atoms with Crippen molar-refractivity contribution in [1.82, 2.24) is 4.90 Å². The monoisotopic (exact) mass is 352 g/mol. The molecule has 1 aromatic carbocycles. The van der Waals surface area contributed by atoms with E-state index in [1.165, 1.54) is 6.42 Å². The van der Waals surface area contributed by atoms with E-state index in [9.17, 15) is 4.79 Å². The van der Waals surface area contributed by atoms with Crippen LogP contribution in [-0.4, -0.2) is 66.3 Å². The van der Waals surface area contributed by atoms with Crippen LogP contribution in [0.1, 0.15) is 12.8 Å². The molecule has 2 rings (SSSR count). The summed E-state index contributed by atoms with van der Waals surface area (Å²) in [4.78, 5) is 32.4. The Labute approximate surface area is 146 Å². The van der Waals surface area contributed by atoms with Crippen LogP contribution in [-0.2, 0) is 19.1 Å². The van der Waals surface area contributed by atoms with Gasteiger partial charge in [0.05, 0.1) is 13.2 Å². The summed E-state index contributed by atoms with van der Waals surface area (Å²) in [7, 11) is 1.74. The first-order valence-corrected chi connectivity index (χ1v) is 7.94. The summed E-state index contributed by atoms with van der Waals surface area (Å²) >= 11 is 0. The van der Waals surface area contributed by atoms with Gasteiger partial charge in [0.15, 0.2) is 0 Å². The highest BCUT2D eigenvalue weighted by Gasteiger charge is 2.21. The van der Waals surface area contributed by atoms with Crippen molar-refractivity contribution < 1.29 is 29.3 Å². The molecule has 0 aromatic heterocycles. The van der Waals surface area contributed by atoms with Gasteiger partial charge >= 0.3 is 11.9 Å². The zero-order chi connectivity index (χ0) is 18.7. The van der Waals surface area contributed by atoms with Crippen molar-refractivity contribution in [3.05, 3.63) is 30.3 Å². The number of carbonyl (C=O) groups excluding carboxylic acids is 1. The molecule has 3 N–H and O–H groups in total. The van der Waals surface area contributed by atoms with Crippen molar-refractivity contribution in [2.45, 2.75) is 12.8 Å². The number of ether oxygens (including phenoxy) is 1. The second kappa shape index (κ2) is 11.2. The van der Waals surface area contributed by atoms with E-state index in [0.29, 0.717) is 12.5 Å². The fourth-order valence-corrected chi connectivity index (χ4v) is 2.59. The lowest BCUT2D eigenvalue weighted by Crippen LogP contribution is -2.41. The minimum absolute atomic E-state index is 0.0595. The molecule has 1 atom stereocenters. The van der Waals surface area contributed by atoms with E-state index in [1.54, 1.807) is 7.11 Å². The zero-order valence-corrected chi connectivity index (χ0v) is 14.2. The number of piperidine rings is 1. The molecule has 1 unspecified atom stereocenters. The first-order valence-electron chi connectivity index (χ1n) is 7.94. The third-order valence-corrected chi connectivity index (χ3v) is 3.61. The second-order valence-electron chi connectivity index (χ2n) is 5.72. The summed E-state index contributed by atoms with van der Waals surface area (Å²) in [5.74, 6) is -3.03. The van der Waals surface area contributed by atoms with Gasteiger partial charge < -0.3 is 20.3 Å². The Morgan fingerprint density at radius 2 is 1.84 bits per heavy atom. The van der Waals surface area contributed by atoms with Gasteiger partial charge in [-0.1, -0.05) is 18.2 Å². The maximum absolute atomic E-state index is 12.0. The fraction of sp³-hybridized carbons (Fsp3) is 0.471. The molecule has 1 aromatic rings. The third-order valence-electron chi connectivity index (χ3n) is 3.61. The Kier molecular flexibility index (Phi) is 9.20. The molecule has 1 amide bonds. The van der Waals surface area contributed by atoms with E-state index in [-0.39, 0.29) is 5.91 Å².